The van der Waals surface area contributed by atoms with Crippen LogP contribution in [0.15, 0.2) is 0 Å². The Labute approximate surface area is 79.0 Å². The highest BCUT2D eigenvalue weighted by Crippen LogP contribution is 2.38. The molecule has 0 aliphatic carbocycles. The molecule has 2 rings (SSSR count). The summed E-state index contributed by atoms with van der Waals surface area (Å²) in [5.41, 5.74) is 0. The van der Waals surface area contributed by atoms with E-state index in [9.17, 15) is 5.11 Å². The zero-order valence-electron chi connectivity index (χ0n) is 8.16. The molecule has 3 nitrogen and oxygen atoms in total. The average Bonchev–Trinajstić information content (AvgIpc) is 2.02. The van der Waals surface area contributed by atoms with Crippen molar-refractivity contribution in [1.29, 1.82) is 0 Å². The summed E-state index contributed by atoms with van der Waals surface area (Å²) in [4.78, 5) is 0. The standard InChI is InChI=1S/C10H18O3/c1-8-4-6-12-10(7-8)5-2-3-9(11)13-10/h8-9,11H,2-7H2,1H3. The molecule has 2 aliphatic rings. The lowest BCUT2D eigenvalue weighted by Gasteiger charge is -2.43. The molecule has 2 saturated heterocycles. The van der Waals surface area contributed by atoms with E-state index in [0.29, 0.717) is 5.92 Å². The van der Waals surface area contributed by atoms with E-state index < -0.39 is 12.1 Å². The van der Waals surface area contributed by atoms with Crippen LogP contribution >= 0.6 is 0 Å². The van der Waals surface area contributed by atoms with Gasteiger partial charge in [-0.15, -0.1) is 0 Å². The Kier molecular flexibility index (Phi) is 2.58. The molecule has 0 amide bonds. The van der Waals surface area contributed by atoms with Gasteiger partial charge in [-0.2, -0.15) is 0 Å². The Bertz CT molecular complexity index is 161. The molecule has 1 spiro atoms. The van der Waals surface area contributed by atoms with Crippen LogP contribution < -0.4 is 0 Å². The lowest BCUT2D eigenvalue weighted by molar-refractivity contribution is -0.337. The van der Waals surface area contributed by atoms with Gasteiger partial charge < -0.3 is 14.6 Å². The van der Waals surface area contributed by atoms with Gasteiger partial charge in [0.15, 0.2) is 12.1 Å². The van der Waals surface area contributed by atoms with E-state index in [1.807, 2.05) is 0 Å². The second kappa shape index (κ2) is 3.56. The first-order chi connectivity index (χ1) is 6.20. The van der Waals surface area contributed by atoms with Crippen molar-refractivity contribution in [1.82, 2.24) is 0 Å². The lowest BCUT2D eigenvalue weighted by atomic mass is 9.90. The van der Waals surface area contributed by atoms with Crippen LogP contribution in [0.5, 0.6) is 0 Å². The maximum absolute atomic E-state index is 9.41. The number of hydrogen-bond acceptors (Lipinski definition) is 3. The molecule has 2 aliphatic heterocycles. The van der Waals surface area contributed by atoms with E-state index in [1.54, 1.807) is 0 Å². The predicted molar refractivity (Wildman–Crippen MR) is 48.0 cm³/mol. The Morgan fingerprint density at radius 3 is 2.92 bits per heavy atom. The molecule has 0 aromatic carbocycles. The number of ether oxygens (including phenoxy) is 2. The molecule has 0 radical (unpaired) electrons. The molecule has 2 heterocycles. The summed E-state index contributed by atoms with van der Waals surface area (Å²) in [6.45, 7) is 2.99. The summed E-state index contributed by atoms with van der Waals surface area (Å²) >= 11 is 0. The normalized spacial score (nSPS) is 46.6. The molecule has 3 unspecified atom stereocenters. The first-order valence-corrected chi connectivity index (χ1v) is 5.20. The number of aliphatic hydroxyl groups excluding tert-OH is 1. The van der Waals surface area contributed by atoms with Gasteiger partial charge in [-0.25, -0.2) is 0 Å². The van der Waals surface area contributed by atoms with Gasteiger partial charge in [0.1, 0.15) is 0 Å². The molecule has 13 heavy (non-hydrogen) atoms. The highest BCUT2D eigenvalue weighted by Gasteiger charge is 2.41. The van der Waals surface area contributed by atoms with E-state index in [1.165, 1.54) is 0 Å². The number of hydrogen-bond donors (Lipinski definition) is 1. The van der Waals surface area contributed by atoms with Crippen molar-refractivity contribution in [3.8, 4) is 0 Å². The van der Waals surface area contributed by atoms with Crippen molar-refractivity contribution in [2.24, 2.45) is 5.92 Å². The Hall–Kier alpha value is -0.120. The van der Waals surface area contributed by atoms with Crippen molar-refractivity contribution in [3.05, 3.63) is 0 Å². The van der Waals surface area contributed by atoms with Crippen LogP contribution in [-0.4, -0.2) is 23.8 Å². The average molecular weight is 186 g/mol. The molecular weight excluding hydrogens is 168 g/mol. The highest BCUT2D eigenvalue weighted by molar-refractivity contribution is 4.80. The molecule has 3 heteroatoms. The Morgan fingerprint density at radius 1 is 1.38 bits per heavy atom. The first-order valence-electron chi connectivity index (χ1n) is 5.20. The maximum atomic E-state index is 9.41. The topological polar surface area (TPSA) is 38.7 Å². The first kappa shape index (κ1) is 9.44. The van der Waals surface area contributed by atoms with E-state index in [4.69, 9.17) is 9.47 Å². The molecule has 0 bridgehead atoms. The fourth-order valence-electron chi connectivity index (χ4n) is 2.31. The number of aliphatic hydroxyl groups is 1. The highest BCUT2D eigenvalue weighted by atomic mass is 16.7. The van der Waals surface area contributed by atoms with Gasteiger partial charge in [-0.1, -0.05) is 6.92 Å². The fourth-order valence-corrected chi connectivity index (χ4v) is 2.31. The molecular formula is C10H18O3. The molecule has 0 aromatic rings. The van der Waals surface area contributed by atoms with Crippen LogP contribution in [0.2, 0.25) is 0 Å². The monoisotopic (exact) mass is 186 g/mol. The third kappa shape index (κ3) is 2.03. The molecule has 3 atom stereocenters. The van der Waals surface area contributed by atoms with Crippen molar-refractivity contribution >= 4 is 0 Å². The second-order valence-corrected chi connectivity index (χ2v) is 4.32. The van der Waals surface area contributed by atoms with Gasteiger partial charge in [-0.3, -0.25) is 0 Å². The lowest BCUT2D eigenvalue weighted by Crippen LogP contribution is -2.47. The van der Waals surface area contributed by atoms with E-state index in [0.717, 1.165) is 38.7 Å². The quantitative estimate of drug-likeness (QED) is 0.625. The summed E-state index contributed by atoms with van der Waals surface area (Å²) in [5, 5.41) is 9.41. The van der Waals surface area contributed by atoms with Gasteiger partial charge in [0, 0.05) is 12.8 Å². The minimum Gasteiger partial charge on any atom is -0.368 e. The summed E-state index contributed by atoms with van der Waals surface area (Å²) in [6, 6.07) is 0. The van der Waals surface area contributed by atoms with Gasteiger partial charge in [-0.05, 0) is 25.2 Å². The summed E-state index contributed by atoms with van der Waals surface area (Å²) in [5.74, 6) is 0.203. The molecule has 0 aromatic heterocycles. The van der Waals surface area contributed by atoms with E-state index in [-0.39, 0.29) is 0 Å². The number of rotatable bonds is 0. The Balaban J connectivity index is 2.00. The zero-order valence-corrected chi connectivity index (χ0v) is 8.16. The van der Waals surface area contributed by atoms with Crippen LogP contribution in [-0.2, 0) is 9.47 Å². The molecule has 1 N–H and O–H groups in total. The molecule has 2 fully saturated rings. The maximum Gasteiger partial charge on any atom is 0.171 e. The van der Waals surface area contributed by atoms with Gasteiger partial charge in [0.2, 0.25) is 0 Å². The van der Waals surface area contributed by atoms with Crippen LogP contribution in [0.25, 0.3) is 0 Å². The molecule has 0 saturated carbocycles. The van der Waals surface area contributed by atoms with Gasteiger partial charge in [0.25, 0.3) is 0 Å². The minimum absolute atomic E-state index is 0.449. The third-order valence-electron chi connectivity index (χ3n) is 2.99. The van der Waals surface area contributed by atoms with Gasteiger partial charge in [0.05, 0.1) is 6.61 Å². The summed E-state index contributed by atoms with van der Waals surface area (Å²) < 4.78 is 11.2. The van der Waals surface area contributed by atoms with Crippen LogP contribution in [0.4, 0.5) is 0 Å². The SMILES string of the molecule is CC1CCOC2(CCCC(O)O2)C1. The van der Waals surface area contributed by atoms with Crippen LogP contribution in [0.1, 0.15) is 39.0 Å². The van der Waals surface area contributed by atoms with Gasteiger partial charge >= 0.3 is 0 Å². The summed E-state index contributed by atoms with van der Waals surface area (Å²) in [6.07, 6.45) is 4.13. The largest absolute Gasteiger partial charge is 0.368 e. The van der Waals surface area contributed by atoms with Crippen LogP contribution in [0.3, 0.4) is 0 Å². The fraction of sp³-hybridized carbons (Fsp3) is 1.00. The van der Waals surface area contributed by atoms with Crippen molar-refractivity contribution in [2.45, 2.75) is 51.1 Å². The Morgan fingerprint density at radius 2 is 2.23 bits per heavy atom. The zero-order chi connectivity index (χ0) is 9.31. The van der Waals surface area contributed by atoms with Crippen molar-refractivity contribution < 1.29 is 14.6 Å². The summed E-state index contributed by atoms with van der Waals surface area (Å²) in [7, 11) is 0. The molecule has 76 valence electrons. The van der Waals surface area contributed by atoms with E-state index >= 15 is 0 Å². The van der Waals surface area contributed by atoms with E-state index in [2.05, 4.69) is 6.92 Å². The smallest absolute Gasteiger partial charge is 0.171 e. The second-order valence-electron chi connectivity index (χ2n) is 4.32. The minimum atomic E-state index is -0.612. The van der Waals surface area contributed by atoms with Crippen molar-refractivity contribution in [3.63, 3.8) is 0 Å². The van der Waals surface area contributed by atoms with Crippen LogP contribution in [0, 0.1) is 5.92 Å². The van der Waals surface area contributed by atoms with Crippen molar-refractivity contribution in [2.75, 3.05) is 6.61 Å². The predicted octanol–water partition coefficient (Wildman–Crippen LogP) is 1.65. The third-order valence-corrected chi connectivity index (χ3v) is 2.99.